The minimum Gasteiger partial charge on any atom is -0.381 e. The number of halogens is 1. The fourth-order valence-electron chi connectivity index (χ4n) is 3.93. The molecule has 3 unspecified atom stereocenters. The van der Waals surface area contributed by atoms with E-state index in [1.54, 1.807) is 55.6 Å². The minimum absolute atomic E-state index is 0.0214. The Labute approximate surface area is 183 Å². The highest BCUT2D eigenvalue weighted by molar-refractivity contribution is 7.89. The smallest absolute Gasteiger partial charge is 0.241 e. The molecule has 162 valence electrons. The highest BCUT2D eigenvalue weighted by atomic mass is 35.5. The summed E-state index contributed by atoms with van der Waals surface area (Å²) in [4.78, 5) is 13.3. The quantitative estimate of drug-likeness (QED) is 0.685. The first-order chi connectivity index (χ1) is 14.3. The fourth-order valence-corrected chi connectivity index (χ4v) is 5.33. The molecule has 1 fully saturated rings. The molecule has 0 amide bonds. The van der Waals surface area contributed by atoms with E-state index >= 15 is 0 Å². The Morgan fingerprint density at radius 3 is 2.30 bits per heavy atom. The van der Waals surface area contributed by atoms with E-state index in [1.165, 1.54) is 0 Å². The van der Waals surface area contributed by atoms with Crippen LogP contribution in [-0.2, 0) is 19.6 Å². The highest BCUT2D eigenvalue weighted by Crippen LogP contribution is 2.33. The van der Waals surface area contributed by atoms with Gasteiger partial charge in [0.05, 0.1) is 17.0 Å². The molecule has 0 heterocycles. The molecular formula is C23H28ClNO4S. The lowest BCUT2D eigenvalue weighted by Gasteiger charge is -2.30. The van der Waals surface area contributed by atoms with Crippen molar-refractivity contribution in [3.8, 4) is 0 Å². The largest absolute Gasteiger partial charge is 0.381 e. The number of ether oxygens (including phenoxy) is 1. The third kappa shape index (κ3) is 5.70. The van der Waals surface area contributed by atoms with E-state index in [0.717, 1.165) is 30.4 Å². The van der Waals surface area contributed by atoms with Crippen molar-refractivity contribution >= 4 is 27.4 Å². The summed E-state index contributed by atoms with van der Waals surface area (Å²) in [5.41, 5.74) is 1.70. The molecule has 0 radical (unpaired) electrons. The van der Waals surface area contributed by atoms with Crippen LogP contribution in [0.4, 0.5) is 0 Å². The van der Waals surface area contributed by atoms with Crippen LogP contribution in [0.25, 0.3) is 0 Å². The molecule has 5 nitrogen and oxygen atoms in total. The van der Waals surface area contributed by atoms with Gasteiger partial charge in [0.2, 0.25) is 10.0 Å². The summed E-state index contributed by atoms with van der Waals surface area (Å²) >= 11 is 6.04. The van der Waals surface area contributed by atoms with E-state index in [-0.39, 0.29) is 23.2 Å². The van der Waals surface area contributed by atoms with Crippen molar-refractivity contribution in [3.05, 3.63) is 64.7 Å². The summed E-state index contributed by atoms with van der Waals surface area (Å²) in [6, 6.07) is 13.0. The Bertz CT molecular complexity index is 958. The normalized spacial score (nSPS) is 21.6. The zero-order valence-corrected chi connectivity index (χ0v) is 18.9. The molecule has 0 bridgehead atoms. The zero-order valence-electron chi connectivity index (χ0n) is 17.3. The molecule has 2 aromatic carbocycles. The number of hydrogen-bond donors (Lipinski definition) is 1. The summed E-state index contributed by atoms with van der Waals surface area (Å²) in [6.07, 6.45) is 3.42. The van der Waals surface area contributed by atoms with Gasteiger partial charge in [-0.25, -0.2) is 13.1 Å². The SMILES string of the molecule is COC1CCCCC(C(NS(=O)(=O)c2ccc(C)cc2)c2ccc(Cl)cc2)C(=O)C1. The Kier molecular flexibility index (Phi) is 7.69. The first-order valence-corrected chi connectivity index (χ1v) is 12.1. The van der Waals surface area contributed by atoms with Gasteiger partial charge in [0.25, 0.3) is 0 Å². The molecule has 1 N–H and O–H groups in total. The number of methoxy groups -OCH3 is 1. The van der Waals surface area contributed by atoms with Crippen molar-refractivity contribution < 1.29 is 17.9 Å². The number of nitrogens with one attached hydrogen (secondary N) is 1. The van der Waals surface area contributed by atoms with Gasteiger partial charge in [-0.05, 0) is 49.6 Å². The lowest BCUT2D eigenvalue weighted by atomic mass is 9.81. The van der Waals surface area contributed by atoms with E-state index in [1.807, 2.05) is 6.92 Å². The van der Waals surface area contributed by atoms with Crippen LogP contribution in [-0.4, -0.2) is 27.4 Å². The number of rotatable bonds is 6. The predicted octanol–water partition coefficient (Wildman–Crippen LogP) is 4.83. The van der Waals surface area contributed by atoms with Gasteiger partial charge in [-0.2, -0.15) is 0 Å². The van der Waals surface area contributed by atoms with Crippen LogP contribution >= 0.6 is 11.6 Å². The van der Waals surface area contributed by atoms with Gasteiger partial charge in [0.1, 0.15) is 5.78 Å². The maximum Gasteiger partial charge on any atom is 0.241 e. The minimum atomic E-state index is -3.81. The van der Waals surface area contributed by atoms with Crippen molar-refractivity contribution in [2.75, 3.05) is 7.11 Å². The van der Waals surface area contributed by atoms with Crippen LogP contribution in [0, 0.1) is 12.8 Å². The molecule has 1 aliphatic rings. The van der Waals surface area contributed by atoms with Crippen molar-refractivity contribution in [2.24, 2.45) is 5.92 Å². The topological polar surface area (TPSA) is 72.5 Å². The van der Waals surface area contributed by atoms with Gasteiger partial charge in [0.15, 0.2) is 0 Å². The van der Waals surface area contributed by atoms with Crippen molar-refractivity contribution in [2.45, 2.75) is 56.1 Å². The van der Waals surface area contributed by atoms with E-state index < -0.39 is 22.0 Å². The molecule has 0 saturated heterocycles. The van der Waals surface area contributed by atoms with Gasteiger partial charge < -0.3 is 4.74 Å². The average Bonchev–Trinajstić information content (AvgIpc) is 2.70. The van der Waals surface area contributed by atoms with Crippen LogP contribution in [0.15, 0.2) is 53.4 Å². The number of ketones is 1. The second kappa shape index (κ2) is 10.1. The van der Waals surface area contributed by atoms with Crippen LogP contribution in [0.1, 0.15) is 49.3 Å². The van der Waals surface area contributed by atoms with E-state index in [9.17, 15) is 13.2 Å². The van der Waals surface area contributed by atoms with Crippen LogP contribution in [0.3, 0.4) is 0 Å². The molecule has 7 heteroatoms. The Morgan fingerprint density at radius 2 is 1.67 bits per heavy atom. The molecule has 0 aromatic heterocycles. The number of benzene rings is 2. The molecule has 0 aliphatic heterocycles. The first-order valence-electron chi connectivity index (χ1n) is 10.2. The number of aryl methyl sites for hydroxylation is 1. The molecule has 3 rings (SSSR count). The van der Waals surface area contributed by atoms with Gasteiger partial charge in [-0.1, -0.05) is 54.3 Å². The summed E-state index contributed by atoms with van der Waals surface area (Å²) in [5, 5.41) is 0.558. The molecule has 2 aromatic rings. The number of hydrogen-bond acceptors (Lipinski definition) is 4. The predicted molar refractivity (Wildman–Crippen MR) is 118 cm³/mol. The second-order valence-corrected chi connectivity index (χ2v) is 10.0. The average molecular weight is 450 g/mol. The summed E-state index contributed by atoms with van der Waals surface area (Å²) < 4.78 is 34.6. The van der Waals surface area contributed by atoms with Crippen LogP contribution in [0.2, 0.25) is 5.02 Å². The van der Waals surface area contributed by atoms with Gasteiger partial charge >= 0.3 is 0 Å². The molecular weight excluding hydrogens is 422 g/mol. The Balaban J connectivity index is 1.96. The number of carbonyl (C=O) groups excluding carboxylic acids is 1. The third-order valence-corrected chi connectivity index (χ3v) is 7.42. The van der Waals surface area contributed by atoms with Crippen LogP contribution < -0.4 is 4.72 Å². The number of carbonyl (C=O) groups is 1. The summed E-state index contributed by atoms with van der Waals surface area (Å²) in [7, 11) is -2.20. The van der Waals surface area contributed by atoms with Crippen LogP contribution in [0.5, 0.6) is 0 Å². The number of Topliss-reactive ketones (excluding diaryl/α,β-unsaturated/α-hetero) is 1. The lowest BCUT2D eigenvalue weighted by Crippen LogP contribution is -2.38. The Morgan fingerprint density at radius 1 is 1.03 bits per heavy atom. The zero-order chi connectivity index (χ0) is 21.7. The second-order valence-electron chi connectivity index (χ2n) is 7.88. The third-order valence-electron chi connectivity index (χ3n) is 5.71. The van der Waals surface area contributed by atoms with E-state index in [4.69, 9.17) is 16.3 Å². The molecule has 1 aliphatic carbocycles. The van der Waals surface area contributed by atoms with Crippen molar-refractivity contribution in [1.29, 1.82) is 0 Å². The molecule has 1 saturated carbocycles. The van der Waals surface area contributed by atoms with Gasteiger partial charge in [-0.15, -0.1) is 0 Å². The van der Waals surface area contributed by atoms with E-state index in [0.29, 0.717) is 11.4 Å². The fraction of sp³-hybridized carbons (Fsp3) is 0.435. The number of sulfonamides is 1. The molecule has 3 atom stereocenters. The lowest BCUT2D eigenvalue weighted by molar-refractivity contribution is -0.127. The summed E-state index contributed by atoms with van der Waals surface area (Å²) in [5.74, 6) is -0.447. The Hall–Kier alpha value is -1.73. The van der Waals surface area contributed by atoms with Gasteiger partial charge in [0, 0.05) is 24.5 Å². The van der Waals surface area contributed by atoms with E-state index in [2.05, 4.69) is 4.72 Å². The molecule has 0 spiro atoms. The summed E-state index contributed by atoms with van der Waals surface area (Å²) in [6.45, 7) is 1.90. The van der Waals surface area contributed by atoms with Crippen molar-refractivity contribution in [1.82, 2.24) is 4.72 Å². The molecule has 30 heavy (non-hydrogen) atoms. The monoisotopic (exact) mass is 449 g/mol. The standard InChI is InChI=1S/C23H28ClNO4S/c1-16-7-13-20(14-8-16)30(27,28)25-23(17-9-11-18(24)12-10-17)21-6-4-3-5-19(29-2)15-22(21)26/h7-14,19,21,23,25H,3-6,15H2,1-2H3. The van der Waals surface area contributed by atoms with Gasteiger partial charge in [-0.3, -0.25) is 4.79 Å². The maximum atomic E-state index is 13.1. The highest BCUT2D eigenvalue weighted by Gasteiger charge is 2.35. The van der Waals surface area contributed by atoms with Crippen molar-refractivity contribution in [3.63, 3.8) is 0 Å². The first kappa shape index (κ1) is 22.9. The maximum absolute atomic E-state index is 13.1.